The molecule has 0 bridgehead atoms. The molecule has 1 N–H and O–H groups in total. The maximum Gasteiger partial charge on any atom is 0.341 e. The highest BCUT2D eigenvalue weighted by atomic mass is 32.2. The molecule has 0 fully saturated rings. The smallest absolute Gasteiger partial charge is 0.341 e. The number of thioether (sulfide) groups is 1. The molecule has 1 amide bonds. The van der Waals surface area contributed by atoms with Gasteiger partial charge in [-0.05, 0) is 57.7 Å². The molecule has 3 aromatic rings. The van der Waals surface area contributed by atoms with Crippen LogP contribution in [0.3, 0.4) is 0 Å². The lowest BCUT2D eigenvalue weighted by Crippen LogP contribution is -2.17. The highest BCUT2D eigenvalue weighted by molar-refractivity contribution is 7.99. The van der Waals surface area contributed by atoms with Gasteiger partial charge in [0.15, 0.2) is 10.9 Å². The summed E-state index contributed by atoms with van der Waals surface area (Å²) in [6.45, 7) is 6.13. The lowest BCUT2D eigenvalue weighted by atomic mass is 10.1. The monoisotopic (exact) mass is 460 g/mol. The Morgan fingerprint density at radius 2 is 2.19 bits per heavy atom. The Bertz CT molecular complexity index is 1090. The number of esters is 1. The molecule has 0 aromatic carbocycles. The van der Waals surface area contributed by atoms with Crippen molar-refractivity contribution >= 4 is 40.0 Å². The second-order valence-corrected chi connectivity index (χ2v) is 9.41. The van der Waals surface area contributed by atoms with Crippen LogP contribution in [0.25, 0.3) is 11.6 Å². The summed E-state index contributed by atoms with van der Waals surface area (Å²) in [6, 6.07) is 3.72. The van der Waals surface area contributed by atoms with Gasteiger partial charge in [-0.3, -0.25) is 9.36 Å². The summed E-state index contributed by atoms with van der Waals surface area (Å²) in [5, 5.41) is 12.6. The van der Waals surface area contributed by atoms with Gasteiger partial charge in [0.2, 0.25) is 11.7 Å². The van der Waals surface area contributed by atoms with Crippen LogP contribution in [0.1, 0.15) is 54.0 Å². The maximum absolute atomic E-state index is 12.7. The van der Waals surface area contributed by atoms with Crippen LogP contribution in [0.15, 0.2) is 28.0 Å². The summed E-state index contributed by atoms with van der Waals surface area (Å²) in [7, 11) is 0. The fourth-order valence-corrected chi connectivity index (χ4v) is 5.78. The third-order valence-corrected chi connectivity index (χ3v) is 7.06. The molecule has 0 atom stereocenters. The highest BCUT2D eigenvalue weighted by Crippen LogP contribution is 2.39. The Morgan fingerprint density at radius 3 is 2.90 bits per heavy atom. The quantitative estimate of drug-likeness (QED) is 0.388. The number of aryl methyl sites for hydroxylation is 1. The number of hydrogen-bond acceptors (Lipinski definition) is 8. The van der Waals surface area contributed by atoms with Gasteiger partial charge in [0, 0.05) is 10.9 Å². The van der Waals surface area contributed by atoms with E-state index in [-0.39, 0.29) is 23.7 Å². The van der Waals surface area contributed by atoms with E-state index >= 15 is 0 Å². The van der Waals surface area contributed by atoms with Crippen LogP contribution in [0.5, 0.6) is 0 Å². The molecule has 1 aliphatic rings. The number of hydrogen-bond donors (Lipinski definition) is 1. The number of ether oxygens (including phenoxy) is 1. The first-order valence-electron chi connectivity index (χ1n) is 10.2. The first kappa shape index (κ1) is 21.6. The average molecular weight is 461 g/mol. The molecular formula is C21H24N4O4S2. The number of amides is 1. The third kappa shape index (κ3) is 4.40. The fourth-order valence-electron chi connectivity index (χ4n) is 3.62. The Labute approximate surface area is 188 Å². The zero-order chi connectivity index (χ0) is 22.0. The van der Waals surface area contributed by atoms with Crippen molar-refractivity contribution in [2.75, 3.05) is 17.7 Å². The Hall–Kier alpha value is -2.59. The van der Waals surface area contributed by atoms with E-state index in [1.807, 2.05) is 24.5 Å². The standard InChI is InChI=1S/C21H24N4O4S2/c1-4-28-20(27)17-13-7-5-9-15(13)31-19(17)22-16(26)11-30-21-24-23-18(25(21)12(2)3)14-8-6-10-29-14/h6,8,10,12H,4-5,7,9,11H2,1-3H3,(H,22,26). The van der Waals surface area contributed by atoms with E-state index in [9.17, 15) is 9.59 Å². The second-order valence-electron chi connectivity index (χ2n) is 7.37. The van der Waals surface area contributed by atoms with E-state index in [0.29, 0.717) is 33.9 Å². The first-order valence-corrected chi connectivity index (χ1v) is 12.0. The molecule has 0 spiro atoms. The van der Waals surface area contributed by atoms with Crippen molar-refractivity contribution < 1.29 is 18.7 Å². The van der Waals surface area contributed by atoms with Gasteiger partial charge in [-0.15, -0.1) is 21.5 Å². The molecule has 10 heteroatoms. The summed E-state index contributed by atoms with van der Waals surface area (Å²) in [5.41, 5.74) is 1.54. The predicted octanol–water partition coefficient (Wildman–Crippen LogP) is 4.58. The number of aromatic nitrogens is 3. The van der Waals surface area contributed by atoms with E-state index in [4.69, 9.17) is 9.15 Å². The number of nitrogens with one attached hydrogen (secondary N) is 1. The van der Waals surface area contributed by atoms with Crippen molar-refractivity contribution in [3.63, 3.8) is 0 Å². The summed E-state index contributed by atoms with van der Waals surface area (Å²) in [5.74, 6) is 0.834. The molecule has 0 radical (unpaired) electrons. The van der Waals surface area contributed by atoms with E-state index in [1.54, 1.807) is 19.3 Å². The van der Waals surface area contributed by atoms with E-state index in [0.717, 1.165) is 29.7 Å². The molecule has 0 unspecified atom stereocenters. The number of thiophene rings is 1. The van der Waals surface area contributed by atoms with Crippen molar-refractivity contribution in [1.82, 2.24) is 14.8 Å². The van der Waals surface area contributed by atoms with E-state index in [2.05, 4.69) is 15.5 Å². The van der Waals surface area contributed by atoms with Crippen molar-refractivity contribution in [3.05, 3.63) is 34.4 Å². The molecule has 3 heterocycles. The van der Waals surface area contributed by atoms with Gasteiger partial charge >= 0.3 is 5.97 Å². The van der Waals surface area contributed by atoms with Crippen molar-refractivity contribution in [2.45, 2.75) is 51.2 Å². The van der Waals surface area contributed by atoms with E-state index in [1.165, 1.54) is 23.1 Å². The van der Waals surface area contributed by atoms with Crippen LogP contribution in [0.2, 0.25) is 0 Å². The van der Waals surface area contributed by atoms with Gasteiger partial charge in [-0.1, -0.05) is 11.8 Å². The minimum atomic E-state index is -0.368. The minimum absolute atomic E-state index is 0.0938. The first-order chi connectivity index (χ1) is 15.0. The van der Waals surface area contributed by atoms with Crippen molar-refractivity contribution in [2.24, 2.45) is 0 Å². The number of anilines is 1. The van der Waals surface area contributed by atoms with Crippen LogP contribution >= 0.6 is 23.1 Å². The van der Waals surface area contributed by atoms with Gasteiger partial charge in [-0.25, -0.2) is 4.79 Å². The number of fused-ring (bicyclic) bond motifs is 1. The normalized spacial score (nSPS) is 12.9. The molecule has 0 aliphatic heterocycles. The fraction of sp³-hybridized carbons (Fsp3) is 0.429. The maximum atomic E-state index is 12.7. The molecule has 0 saturated heterocycles. The minimum Gasteiger partial charge on any atom is -0.462 e. The van der Waals surface area contributed by atoms with E-state index < -0.39 is 0 Å². The Morgan fingerprint density at radius 1 is 1.35 bits per heavy atom. The summed E-state index contributed by atoms with van der Waals surface area (Å²) in [6.07, 6.45) is 4.40. The zero-order valence-corrected chi connectivity index (χ0v) is 19.3. The second kappa shape index (κ2) is 9.27. The number of rotatable bonds is 8. The third-order valence-electron chi connectivity index (χ3n) is 4.91. The Balaban J connectivity index is 1.48. The SMILES string of the molecule is CCOC(=O)c1c(NC(=O)CSc2nnc(-c3ccco3)n2C(C)C)sc2c1CCC2. The molecule has 31 heavy (non-hydrogen) atoms. The van der Waals surface area contributed by atoms with Crippen LogP contribution in [0, 0.1) is 0 Å². The molecule has 4 rings (SSSR count). The van der Waals surface area contributed by atoms with Crippen molar-refractivity contribution in [1.29, 1.82) is 0 Å². The van der Waals surface area contributed by atoms with Gasteiger partial charge in [-0.2, -0.15) is 0 Å². The average Bonchev–Trinajstić information content (AvgIpc) is 3.48. The van der Waals surface area contributed by atoms with Crippen molar-refractivity contribution in [3.8, 4) is 11.6 Å². The lowest BCUT2D eigenvalue weighted by molar-refractivity contribution is -0.113. The zero-order valence-electron chi connectivity index (χ0n) is 17.6. The highest BCUT2D eigenvalue weighted by Gasteiger charge is 2.28. The summed E-state index contributed by atoms with van der Waals surface area (Å²) < 4.78 is 12.6. The number of furan rings is 1. The van der Waals surface area contributed by atoms with Gasteiger partial charge < -0.3 is 14.5 Å². The van der Waals surface area contributed by atoms with Crippen LogP contribution in [-0.4, -0.2) is 39.0 Å². The van der Waals surface area contributed by atoms with Crippen LogP contribution < -0.4 is 5.32 Å². The van der Waals surface area contributed by atoms with Crippen LogP contribution in [-0.2, 0) is 22.4 Å². The largest absolute Gasteiger partial charge is 0.462 e. The predicted molar refractivity (Wildman–Crippen MR) is 120 cm³/mol. The van der Waals surface area contributed by atoms with Gasteiger partial charge in [0.25, 0.3) is 0 Å². The van der Waals surface area contributed by atoms with Crippen LogP contribution in [0.4, 0.5) is 5.00 Å². The van der Waals surface area contributed by atoms with Gasteiger partial charge in [0.05, 0.1) is 24.2 Å². The molecular weight excluding hydrogens is 436 g/mol. The topological polar surface area (TPSA) is 99.2 Å². The molecule has 3 aromatic heterocycles. The number of nitrogens with zero attached hydrogens (tertiary/aromatic N) is 3. The molecule has 0 saturated carbocycles. The number of carbonyl (C=O) groups is 2. The lowest BCUT2D eigenvalue weighted by Gasteiger charge is -2.12. The summed E-state index contributed by atoms with van der Waals surface area (Å²) >= 11 is 2.78. The Kier molecular flexibility index (Phi) is 6.47. The summed E-state index contributed by atoms with van der Waals surface area (Å²) in [4.78, 5) is 26.3. The number of carbonyl (C=O) groups excluding carboxylic acids is 2. The molecule has 164 valence electrons. The molecule has 8 nitrogen and oxygen atoms in total. The van der Waals surface area contributed by atoms with Gasteiger partial charge in [0.1, 0.15) is 5.00 Å². The molecule has 1 aliphatic carbocycles.